The average Bonchev–Trinajstić information content (AvgIpc) is 3.62. The Morgan fingerprint density at radius 2 is 1.68 bits per heavy atom. The molecule has 72 heavy (non-hydrogen) atoms. The number of fused-ring (bicyclic) bond motifs is 1. The molecule has 2 heterocycles. The first-order valence-corrected chi connectivity index (χ1v) is 26.5. The lowest BCUT2D eigenvalue weighted by Gasteiger charge is -2.35. The minimum atomic E-state index is -3.12. The van der Waals surface area contributed by atoms with Crippen LogP contribution < -0.4 is 26.0 Å². The van der Waals surface area contributed by atoms with E-state index >= 15 is 0 Å². The lowest BCUT2D eigenvalue weighted by atomic mass is 10.0. The van der Waals surface area contributed by atoms with E-state index in [1.807, 2.05) is 57.2 Å². The second-order valence-corrected chi connectivity index (χ2v) is 20.8. The average molecular weight is 1140 g/mol. The summed E-state index contributed by atoms with van der Waals surface area (Å²) in [5.41, 5.74) is 7.66. The first kappa shape index (κ1) is 63.7. The summed E-state index contributed by atoms with van der Waals surface area (Å²) < 4.78 is 66.8. The molecule has 4 N–H and O–H groups in total. The van der Waals surface area contributed by atoms with E-state index in [4.69, 9.17) is 87.9 Å². The van der Waals surface area contributed by atoms with Crippen LogP contribution in [0.4, 0.5) is 24.5 Å². The number of methoxy groups -OCH3 is 1. The molecule has 5 atom stereocenters. The van der Waals surface area contributed by atoms with Gasteiger partial charge in [-0.1, -0.05) is 72.1 Å². The number of carboxylic acid groups (broad SMARTS) is 1. The maximum absolute atomic E-state index is 14.2. The molecule has 5 rings (SSSR count). The van der Waals surface area contributed by atoms with Gasteiger partial charge in [0, 0.05) is 31.4 Å². The second-order valence-electron chi connectivity index (χ2n) is 16.0. The van der Waals surface area contributed by atoms with Crippen molar-refractivity contribution in [2.45, 2.75) is 95.7 Å². The van der Waals surface area contributed by atoms with Crippen molar-refractivity contribution < 1.29 is 61.1 Å². The number of nitrogens with zero attached hydrogens (tertiary/aromatic N) is 5. The van der Waals surface area contributed by atoms with Crippen LogP contribution in [0.5, 0.6) is 5.75 Å². The molecule has 17 nitrogen and oxygen atoms in total. The predicted molar refractivity (Wildman–Crippen MR) is 274 cm³/mol. The number of para-hydroxylation sites is 3. The van der Waals surface area contributed by atoms with E-state index in [1.165, 1.54) is 13.6 Å². The van der Waals surface area contributed by atoms with E-state index in [0.29, 0.717) is 23.6 Å². The van der Waals surface area contributed by atoms with Crippen molar-refractivity contribution in [1.82, 2.24) is 14.3 Å². The van der Waals surface area contributed by atoms with Gasteiger partial charge in [-0.15, -0.1) is 28.3 Å². The summed E-state index contributed by atoms with van der Waals surface area (Å²) in [4.78, 5) is 69.0. The van der Waals surface area contributed by atoms with Gasteiger partial charge in [0.25, 0.3) is 5.91 Å². The highest BCUT2D eigenvalue weighted by Crippen LogP contribution is 2.36. The molecule has 0 radical (unpaired) electrons. The zero-order valence-corrected chi connectivity index (χ0v) is 45.3. The number of hydrogen-bond donors (Lipinski definition) is 3. The summed E-state index contributed by atoms with van der Waals surface area (Å²) in [6.45, 7) is 9.89. The van der Waals surface area contributed by atoms with Gasteiger partial charge in [0.1, 0.15) is 41.2 Å². The van der Waals surface area contributed by atoms with Crippen molar-refractivity contribution >= 4 is 101 Å². The van der Waals surface area contributed by atoms with Gasteiger partial charge in [0.2, 0.25) is 5.91 Å². The second kappa shape index (κ2) is 30.1. The van der Waals surface area contributed by atoms with Crippen LogP contribution in [0.15, 0.2) is 59.4 Å². The van der Waals surface area contributed by atoms with Crippen molar-refractivity contribution in [3.63, 3.8) is 0 Å². The molecule has 0 aliphatic carbocycles. The van der Waals surface area contributed by atoms with Crippen LogP contribution in [0.2, 0.25) is 5.02 Å². The smallest absolute Gasteiger partial charge is 0.355 e. The Hall–Kier alpha value is -4.37. The van der Waals surface area contributed by atoms with Crippen molar-refractivity contribution in [2.24, 2.45) is 5.73 Å². The molecule has 26 heteroatoms. The molecule has 400 valence electrons. The van der Waals surface area contributed by atoms with Crippen LogP contribution in [0.1, 0.15) is 63.2 Å². The van der Waals surface area contributed by atoms with Crippen LogP contribution in [0.3, 0.4) is 0 Å². The van der Waals surface area contributed by atoms with Crippen LogP contribution >= 0.6 is 65.4 Å². The van der Waals surface area contributed by atoms with Gasteiger partial charge >= 0.3 is 24.2 Å². The fourth-order valence-corrected chi connectivity index (χ4v) is 8.38. The van der Waals surface area contributed by atoms with Crippen LogP contribution in [-0.2, 0) is 46.1 Å². The Kier molecular flexibility index (Phi) is 26.7. The minimum absolute atomic E-state index is 0.0223. The number of aryl methyl sites for hydroxylation is 3. The summed E-state index contributed by atoms with van der Waals surface area (Å²) in [5.74, 6) is -2.80. The summed E-state index contributed by atoms with van der Waals surface area (Å²) in [7, 11) is -1.47. The number of halogens is 8. The normalized spacial score (nSPS) is 14.9. The van der Waals surface area contributed by atoms with Crippen molar-refractivity contribution in [1.29, 1.82) is 0 Å². The third kappa shape index (κ3) is 18.5. The Morgan fingerprint density at radius 3 is 2.21 bits per heavy atom. The highest BCUT2D eigenvalue weighted by molar-refractivity contribution is 7.57. The lowest BCUT2D eigenvalue weighted by molar-refractivity contribution is -0.142. The van der Waals surface area contributed by atoms with Gasteiger partial charge in [-0.3, -0.25) is 23.7 Å². The monoisotopic (exact) mass is 1130 g/mol. The number of carbonyl (C=O) groups is 4. The van der Waals surface area contributed by atoms with Crippen LogP contribution in [0, 0.1) is 19.7 Å². The van der Waals surface area contributed by atoms with Gasteiger partial charge < -0.3 is 39.7 Å². The number of nitrogens with two attached hydrogens (primary N) is 1. The number of aromatic nitrogens is 3. The molecule has 5 unspecified atom stereocenters. The summed E-state index contributed by atoms with van der Waals surface area (Å²) in [6, 6.07) is 14.3. The fraction of sp³-hybridized carbons (Fsp3) is 0.478. The van der Waals surface area contributed by atoms with Gasteiger partial charge in [-0.2, -0.15) is 13.5 Å². The first-order chi connectivity index (χ1) is 33.7. The molecule has 0 fully saturated rings. The molecule has 1 aliphatic rings. The molecule has 0 saturated heterocycles. The third-order valence-electron chi connectivity index (χ3n) is 10.3. The topological polar surface area (TPSA) is 226 Å². The molecule has 4 aromatic rings. The van der Waals surface area contributed by atoms with E-state index < -0.39 is 53.6 Å². The van der Waals surface area contributed by atoms with E-state index in [1.54, 1.807) is 23.8 Å². The highest BCUT2D eigenvalue weighted by atomic mass is 35.5. The number of amides is 2. The number of hydrogen-bond acceptors (Lipinski definition) is 11. The summed E-state index contributed by atoms with van der Waals surface area (Å²) in [6.07, 6.45) is 0.763. The number of benzene rings is 3. The largest absolute Gasteiger partial charge is 0.489 e. The number of alkyl halides is 6. The lowest BCUT2D eigenvalue weighted by Crippen LogP contribution is -2.47. The number of rotatable bonds is 17. The Morgan fingerprint density at radius 1 is 1.04 bits per heavy atom. The van der Waals surface area contributed by atoms with Gasteiger partial charge in [0.15, 0.2) is 18.0 Å². The van der Waals surface area contributed by atoms with Crippen LogP contribution in [-0.4, -0.2) is 122 Å². The molecular formula is C46H59Cl5F3N6O11P. The standard InChI is InChI=1S/C15H14Cl2F3N3O3.C15H22ClNO2.C11H11Cl2NO2.C5H12NO4P/c1-3-26-13(24)10(17)4-8-5-12(11(18)6-9(8)16)23-15(25)22(14(19)20)7(2)21-23;1-5-13-8-6-7-11(2)15(13)17(14(18)9-16)12(3)10-19-4;1-7-6-16-9-5-3-2-4-8(9)14(7)11(15)10(12)13;1-11(9,10)3-2-4(6)5(7)8/h5-6,10,14H,3-4H2,1-2H3;6-8,12H,5,9-10H2,1-4H3;2-5,7,10H,6H2,1H3;4H,2-3,6H2,1H3,(H,7,8)(H,9,10). The quantitative estimate of drug-likeness (QED) is 0.0512. The maximum Gasteiger partial charge on any atom is 0.355 e. The molecule has 3 aromatic carbocycles. The molecular weight excluding hydrogens is 1080 g/mol. The third-order valence-corrected chi connectivity index (χ3v) is 12.7. The number of carbonyl (C=O) groups excluding carboxylic acids is 3. The van der Waals surface area contributed by atoms with Gasteiger partial charge in [0.05, 0.1) is 36.7 Å². The van der Waals surface area contributed by atoms with E-state index in [2.05, 4.69) is 18.1 Å². The number of esters is 1. The van der Waals surface area contributed by atoms with Gasteiger partial charge in [-0.05, 0) is 88.4 Å². The summed E-state index contributed by atoms with van der Waals surface area (Å²) >= 11 is 28.9. The number of anilines is 2. The molecule has 0 spiro atoms. The van der Waals surface area contributed by atoms with E-state index in [-0.39, 0.29) is 82.1 Å². The Labute approximate surface area is 440 Å². The highest BCUT2D eigenvalue weighted by Gasteiger charge is 2.32. The first-order valence-electron chi connectivity index (χ1n) is 22.0. The zero-order chi connectivity index (χ0) is 54.8. The maximum atomic E-state index is 14.2. The SMILES string of the molecule is CC1COc2ccccc2N1C(=O)C(Cl)Cl.CCOC(=O)C(Cl)Cc1cc(-n2nc(C)n(C(F)F)c2=O)c(F)cc1Cl.CCc1cccc(C)c1N(C(=O)CCl)C(C)COC.CP(=O)(O)CCC(N)C(=O)O. The zero-order valence-electron chi connectivity index (χ0n) is 40.7. The van der Waals surface area contributed by atoms with Crippen molar-refractivity contribution in [3.8, 4) is 11.4 Å². The van der Waals surface area contributed by atoms with E-state index in [0.717, 1.165) is 41.1 Å². The van der Waals surface area contributed by atoms with Crippen LogP contribution in [0.25, 0.3) is 5.69 Å². The van der Waals surface area contributed by atoms with Crippen molar-refractivity contribution in [3.05, 3.63) is 98.4 Å². The summed E-state index contributed by atoms with van der Waals surface area (Å²) in [5, 5.41) is 10.8. The number of carboxylic acids is 1. The molecule has 0 saturated carbocycles. The Balaban J connectivity index is 0.000000344. The predicted octanol–water partition coefficient (Wildman–Crippen LogP) is 8.70. The number of ether oxygens (including phenoxy) is 3. The molecule has 1 aromatic heterocycles. The van der Waals surface area contributed by atoms with Crippen molar-refractivity contribution in [2.75, 3.05) is 55.4 Å². The molecule has 1 aliphatic heterocycles. The number of aliphatic carboxylic acids is 1. The molecule has 2 amide bonds. The van der Waals surface area contributed by atoms with Gasteiger partial charge in [-0.25, -0.2) is 13.8 Å². The Bertz CT molecular complexity index is 2570. The van der Waals surface area contributed by atoms with E-state index in [9.17, 15) is 41.7 Å². The molecule has 0 bridgehead atoms. The minimum Gasteiger partial charge on any atom is -0.489 e. The fourth-order valence-electron chi connectivity index (χ4n) is 6.83.